The van der Waals surface area contributed by atoms with Gasteiger partial charge in [0, 0.05) is 24.0 Å². The highest BCUT2D eigenvalue weighted by atomic mass is 15.2. The van der Waals surface area contributed by atoms with Crippen LogP contribution in [-0.4, -0.2) is 28.0 Å². The smallest absolute Gasteiger partial charge is 0.115 e. The minimum atomic E-state index is 0.499. The normalized spacial score (nSPS) is 16.2. The monoisotopic (exact) mass is 357 g/mol. The Morgan fingerprint density at radius 2 is 1.48 bits per heavy atom. The molecule has 138 valence electrons. The Hall–Kier alpha value is -2.52. The Morgan fingerprint density at radius 1 is 0.815 bits per heavy atom. The molecule has 0 N–H and O–H groups in total. The molecule has 1 aromatic heterocycles. The molecule has 0 aliphatic carbocycles. The predicted molar refractivity (Wildman–Crippen MR) is 111 cm³/mol. The number of aromatic nitrogens is 2. The molecule has 0 amide bonds. The Bertz CT molecular complexity index is 881. The first-order valence-electron chi connectivity index (χ1n) is 9.93. The van der Waals surface area contributed by atoms with E-state index in [4.69, 9.17) is 0 Å². The summed E-state index contributed by atoms with van der Waals surface area (Å²) >= 11 is 0. The summed E-state index contributed by atoms with van der Waals surface area (Å²) in [6.07, 6.45) is 9.31. The van der Waals surface area contributed by atoms with Gasteiger partial charge in [0.25, 0.3) is 0 Å². The number of benzene rings is 2. The third-order valence-corrected chi connectivity index (χ3v) is 5.76. The van der Waals surface area contributed by atoms with Crippen LogP contribution < -0.4 is 0 Å². The number of hydrogen-bond acceptors (Lipinski definition) is 3. The van der Waals surface area contributed by atoms with Crippen LogP contribution >= 0.6 is 0 Å². The molecule has 3 heteroatoms. The van der Waals surface area contributed by atoms with E-state index < -0.39 is 0 Å². The van der Waals surface area contributed by atoms with Gasteiger partial charge < -0.3 is 0 Å². The van der Waals surface area contributed by atoms with Crippen LogP contribution in [0, 0.1) is 6.92 Å². The number of rotatable bonds is 4. The SMILES string of the molecule is Cc1cc(C(C)N2CCCCC2)ccc1-c1ccc(-c2cncnc2)cc1. The van der Waals surface area contributed by atoms with Crippen molar-refractivity contribution < 1.29 is 0 Å². The lowest BCUT2D eigenvalue weighted by atomic mass is 9.94. The van der Waals surface area contributed by atoms with Crippen molar-refractivity contribution in [3.8, 4) is 22.3 Å². The second kappa shape index (κ2) is 8.01. The first kappa shape index (κ1) is 17.9. The molecule has 1 saturated heterocycles. The van der Waals surface area contributed by atoms with E-state index in [9.17, 15) is 0 Å². The summed E-state index contributed by atoms with van der Waals surface area (Å²) in [5.74, 6) is 0. The van der Waals surface area contributed by atoms with Gasteiger partial charge in [0.05, 0.1) is 0 Å². The van der Waals surface area contributed by atoms with E-state index in [0.29, 0.717) is 6.04 Å². The fraction of sp³-hybridized carbons (Fsp3) is 0.333. The maximum Gasteiger partial charge on any atom is 0.115 e. The second-order valence-corrected chi connectivity index (χ2v) is 7.55. The van der Waals surface area contributed by atoms with Gasteiger partial charge >= 0.3 is 0 Å². The van der Waals surface area contributed by atoms with Gasteiger partial charge in [-0.15, -0.1) is 0 Å². The molecule has 0 bridgehead atoms. The fourth-order valence-electron chi connectivity index (χ4n) is 4.08. The highest BCUT2D eigenvalue weighted by Gasteiger charge is 2.18. The van der Waals surface area contributed by atoms with E-state index in [-0.39, 0.29) is 0 Å². The molecule has 1 unspecified atom stereocenters. The van der Waals surface area contributed by atoms with E-state index in [1.165, 1.54) is 54.6 Å². The molecule has 3 aromatic rings. The standard InChI is InChI=1S/C24H27N3/c1-18-14-22(19(2)27-12-4-3-5-13-27)10-11-24(18)21-8-6-20(7-9-21)23-15-25-17-26-16-23/h6-11,14-17,19H,3-5,12-13H2,1-2H3. The fourth-order valence-corrected chi connectivity index (χ4v) is 4.08. The van der Waals surface area contributed by atoms with Crippen LogP contribution in [0.2, 0.25) is 0 Å². The van der Waals surface area contributed by atoms with Crippen LogP contribution in [0.15, 0.2) is 61.2 Å². The molecule has 2 heterocycles. The van der Waals surface area contributed by atoms with Crippen LogP contribution in [0.3, 0.4) is 0 Å². The lowest BCUT2D eigenvalue weighted by molar-refractivity contribution is 0.175. The maximum absolute atomic E-state index is 4.11. The van der Waals surface area contributed by atoms with Gasteiger partial charge in [-0.1, -0.05) is 48.9 Å². The number of aryl methyl sites for hydroxylation is 1. The van der Waals surface area contributed by atoms with Gasteiger partial charge in [0.2, 0.25) is 0 Å². The molecular weight excluding hydrogens is 330 g/mol. The molecule has 27 heavy (non-hydrogen) atoms. The van der Waals surface area contributed by atoms with Gasteiger partial charge in [-0.25, -0.2) is 9.97 Å². The lowest BCUT2D eigenvalue weighted by Crippen LogP contribution is -2.32. The first-order chi connectivity index (χ1) is 13.2. The van der Waals surface area contributed by atoms with Gasteiger partial charge in [-0.3, -0.25) is 4.90 Å². The van der Waals surface area contributed by atoms with E-state index in [0.717, 1.165) is 11.1 Å². The summed E-state index contributed by atoms with van der Waals surface area (Å²) in [7, 11) is 0. The molecule has 0 spiro atoms. The van der Waals surface area contributed by atoms with E-state index in [1.54, 1.807) is 6.33 Å². The molecule has 1 aliphatic rings. The van der Waals surface area contributed by atoms with Crippen molar-refractivity contribution in [3.63, 3.8) is 0 Å². The van der Waals surface area contributed by atoms with Crippen molar-refractivity contribution in [3.05, 3.63) is 72.3 Å². The van der Waals surface area contributed by atoms with Crippen molar-refractivity contribution in [2.75, 3.05) is 13.1 Å². The lowest BCUT2D eigenvalue weighted by Gasteiger charge is -2.33. The molecule has 1 atom stereocenters. The van der Waals surface area contributed by atoms with Gasteiger partial charge in [0.15, 0.2) is 0 Å². The predicted octanol–water partition coefficient (Wildman–Crippen LogP) is 5.67. The molecule has 0 radical (unpaired) electrons. The molecule has 4 rings (SSSR count). The van der Waals surface area contributed by atoms with Gasteiger partial charge in [0.1, 0.15) is 6.33 Å². The quantitative estimate of drug-likeness (QED) is 0.603. The van der Waals surface area contributed by atoms with Crippen LogP contribution in [0.5, 0.6) is 0 Å². The van der Waals surface area contributed by atoms with Crippen molar-refractivity contribution >= 4 is 0 Å². The van der Waals surface area contributed by atoms with E-state index in [2.05, 4.69) is 71.2 Å². The molecule has 1 aliphatic heterocycles. The van der Waals surface area contributed by atoms with Gasteiger partial charge in [-0.2, -0.15) is 0 Å². The van der Waals surface area contributed by atoms with Crippen LogP contribution in [-0.2, 0) is 0 Å². The summed E-state index contributed by atoms with van der Waals surface area (Å²) in [5, 5.41) is 0. The molecular formula is C24H27N3. The Kier molecular flexibility index (Phi) is 5.30. The van der Waals surface area contributed by atoms with Gasteiger partial charge in [-0.05, 0) is 67.6 Å². The van der Waals surface area contributed by atoms with Crippen LogP contribution in [0.25, 0.3) is 22.3 Å². The van der Waals surface area contributed by atoms with Crippen molar-refractivity contribution in [2.45, 2.75) is 39.2 Å². The van der Waals surface area contributed by atoms with E-state index >= 15 is 0 Å². The summed E-state index contributed by atoms with van der Waals surface area (Å²) < 4.78 is 0. The average Bonchev–Trinajstić information content (AvgIpc) is 2.74. The Balaban J connectivity index is 1.55. The largest absolute Gasteiger partial charge is 0.297 e. The summed E-state index contributed by atoms with van der Waals surface area (Å²) in [6.45, 7) is 7.02. The van der Waals surface area contributed by atoms with Crippen molar-refractivity contribution in [1.82, 2.24) is 14.9 Å². The summed E-state index contributed by atoms with van der Waals surface area (Å²) in [4.78, 5) is 10.8. The summed E-state index contributed by atoms with van der Waals surface area (Å²) in [6, 6.07) is 16.1. The number of likely N-dealkylation sites (tertiary alicyclic amines) is 1. The molecule has 0 saturated carbocycles. The zero-order valence-electron chi connectivity index (χ0n) is 16.2. The third-order valence-electron chi connectivity index (χ3n) is 5.76. The Labute approximate surface area is 162 Å². The van der Waals surface area contributed by atoms with Crippen molar-refractivity contribution in [1.29, 1.82) is 0 Å². The number of piperidine rings is 1. The number of nitrogens with zero attached hydrogens (tertiary/aromatic N) is 3. The highest BCUT2D eigenvalue weighted by Crippen LogP contribution is 2.30. The topological polar surface area (TPSA) is 29.0 Å². The highest BCUT2D eigenvalue weighted by molar-refractivity contribution is 5.72. The number of hydrogen-bond donors (Lipinski definition) is 0. The zero-order chi connectivity index (χ0) is 18.6. The minimum absolute atomic E-state index is 0.499. The van der Waals surface area contributed by atoms with Crippen molar-refractivity contribution in [2.24, 2.45) is 0 Å². The minimum Gasteiger partial charge on any atom is -0.297 e. The average molecular weight is 358 g/mol. The van der Waals surface area contributed by atoms with E-state index in [1.807, 2.05) is 12.4 Å². The molecule has 3 nitrogen and oxygen atoms in total. The van der Waals surface area contributed by atoms with Crippen LogP contribution in [0.4, 0.5) is 0 Å². The third kappa shape index (κ3) is 3.93. The second-order valence-electron chi connectivity index (χ2n) is 7.55. The maximum atomic E-state index is 4.11. The molecule has 1 fully saturated rings. The summed E-state index contributed by atoms with van der Waals surface area (Å²) in [5.41, 5.74) is 7.52. The Morgan fingerprint density at radius 3 is 2.15 bits per heavy atom. The zero-order valence-corrected chi connectivity index (χ0v) is 16.2. The van der Waals surface area contributed by atoms with Crippen LogP contribution in [0.1, 0.15) is 43.4 Å². The molecule has 2 aromatic carbocycles. The first-order valence-corrected chi connectivity index (χ1v) is 9.93.